The summed E-state index contributed by atoms with van der Waals surface area (Å²) in [6.07, 6.45) is 0. The van der Waals surface area contributed by atoms with E-state index in [4.69, 9.17) is 17.3 Å². The molecule has 0 bridgehead atoms. The van der Waals surface area contributed by atoms with E-state index in [1.165, 1.54) is 11.3 Å². The van der Waals surface area contributed by atoms with Gasteiger partial charge in [-0.25, -0.2) is 4.98 Å². The van der Waals surface area contributed by atoms with Gasteiger partial charge in [-0.15, -0.1) is 11.3 Å². The van der Waals surface area contributed by atoms with E-state index < -0.39 is 0 Å². The Kier molecular flexibility index (Phi) is 3.57. The molecule has 0 aliphatic heterocycles. The molecule has 0 saturated carbocycles. The lowest BCUT2D eigenvalue weighted by Crippen LogP contribution is -2.07. The summed E-state index contributed by atoms with van der Waals surface area (Å²) in [5.41, 5.74) is 6.57. The van der Waals surface area contributed by atoms with Crippen LogP contribution < -0.4 is 5.73 Å². The zero-order valence-electron chi connectivity index (χ0n) is 9.18. The lowest BCUT2D eigenvalue weighted by atomic mass is 10.1. The molecule has 5 heteroatoms. The molecule has 0 fully saturated rings. The van der Waals surface area contributed by atoms with E-state index >= 15 is 0 Å². The normalized spacial score (nSPS) is 12.4. The van der Waals surface area contributed by atoms with Crippen molar-refractivity contribution < 1.29 is 4.79 Å². The molecule has 1 atom stereocenters. The third-order valence-corrected chi connectivity index (χ3v) is 3.64. The highest BCUT2D eigenvalue weighted by molar-refractivity contribution is 7.09. The van der Waals surface area contributed by atoms with Crippen molar-refractivity contribution in [1.29, 1.82) is 0 Å². The Balaban J connectivity index is 2.34. The van der Waals surface area contributed by atoms with Gasteiger partial charge in [0.25, 0.3) is 0 Å². The summed E-state index contributed by atoms with van der Waals surface area (Å²) in [5.74, 6) is -0.168. The number of nitrogens with zero attached hydrogens (tertiary/aromatic N) is 1. The predicted octanol–water partition coefficient (Wildman–Crippen LogP) is 3.05. The maximum atomic E-state index is 12.1. The third-order valence-electron chi connectivity index (χ3n) is 2.26. The minimum absolute atomic E-state index is 0.159. The second kappa shape index (κ2) is 4.96. The number of hydrogen-bond acceptors (Lipinski definition) is 4. The first-order chi connectivity index (χ1) is 8.09. The summed E-state index contributed by atoms with van der Waals surface area (Å²) in [4.78, 5) is 16.3. The summed E-state index contributed by atoms with van der Waals surface area (Å²) >= 11 is 7.35. The highest BCUT2D eigenvalue weighted by Crippen LogP contribution is 2.22. The number of ketones is 1. The molecule has 0 aliphatic rings. The van der Waals surface area contributed by atoms with Gasteiger partial charge in [0.1, 0.15) is 10.7 Å². The fourth-order valence-corrected chi connectivity index (χ4v) is 2.36. The van der Waals surface area contributed by atoms with Crippen molar-refractivity contribution in [2.75, 3.05) is 0 Å². The van der Waals surface area contributed by atoms with Gasteiger partial charge in [0, 0.05) is 10.9 Å². The molecule has 0 saturated heterocycles. The summed E-state index contributed by atoms with van der Waals surface area (Å²) in [7, 11) is 0. The van der Waals surface area contributed by atoms with Gasteiger partial charge in [-0.2, -0.15) is 0 Å². The zero-order chi connectivity index (χ0) is 12.4. The van der Waals surface area contributed by atoms with Crippen LogP contribution in [0, 0.1) is 0 Å². The average Bonchev–Trinajstić information content (AvgIpc) is 2.78. The highest BCUT2D eigenvalue weighted by atomic mass is 35.5. The lowest BCUT2D eigenvalue weighted by molar-refractivity contribution is 0.103. The molecule has 0 spiro atoms. The Morgan fingerprint density at radius 2 is 2.18 bits per heavy atom. The van der Waals surface area contributed by atoms with Crippen molar-refractivity contribution >= 4 is 28.7 Å². The molecule has 1 aromatic carbocycles. The molecular formula is C12H11ClN2OS. The second-order valence-corrected chi connectivity index (χ2v) is 4.97. The van der Waals surface area contributed by atoms with E-state index in [1.807, 2.05) is 6.92 Å². The first-order valence-corrected chi connectivity index (χ1v) is 6.35. The molecule has 2 N–H and O–H groups in total. The van der Waals surface area contributed by atoms with Gasteiger partial charge in [0.2, 0.25) is 5.78 Å². The molecule has 0 radical (unpaired) electrons. The zero-order valence-corrected chi connectivity index (χ0v) is 10.8. The topological polar surface area (TPSA) is 56.0 Å². The first kappa shape index (κ1) is 12.2. The van der Waals surface area contributed by atoms with Crippen LogP contribution in [0.15, 0.2) is 29.6 Å². The van der Waals surface area contributed by atoms with Crippen molar-refractivity contribution in [2.24, 2.45) is 5.73 Å². The van der Waals surface area contributed by atoms with Crippen molar-refractivity contribution in [3.05, 3.63) is 50.9 Å². The Bertz CT molecular complexity index is 551. The van der Waals surface area contributed by atoms with Gasteiger partial charge < -0.3 is 5.73 Å². The van der Waals surface area contributed by atoms with Crippen molar-refractivity contribution in [2.45, 2.75) is 13.0 Å². The Hall–Kier alpha value is -1.23. The van der Waals surface area contributed by atoms with Crippen LogP contribution in [-0.4, -0.2) is 10.8 Å². The average molecular weight is 267 g/mol. The van der Waals surface area contributed by atoms with Crippen LogP contribution in [-0.2, 0) is 0 Å². The first-order valence-electron chi connectivity index (χ1n) is 5.10. The van der Waals surface area contributed by atoms with Gasteiger partial charge in [-0.1, -0.05) is 23.7 Å². The van der Waals surface area contributed by atoms with Crippen LogP contribution in [0.2, 0.25) is 5.02 Å². The quantitative estimate of drug-likeness (QED) is 0.869. The van der Waals surface area contributed by atoms with E-state index in [9.17, 15) is 4.79 Å². The molecule has 17 heavy (non-hydrogen) atoms. The van der Waals surface area contributed by atoms with Gasteiger partial charge >= 0.3 is 0 Å². The second-order valence-electron chi connectivity index (χ2n) is 3.67. The van der Waals surface area contributed by atoms with Crippen molar-refractivity contribution in [3.8, 4) is 0 Å². The standard InChI is InChI=1S/C12H11ClN2OS/c1-7(14)12-15-10(6-17-12)11(16)8-4-2-3-5-9(8)13/h2-7H,14H2,1H3. The van der Waals surface area contributed by atoms with E-state index in [2.05, 4.69) is 4.98 Å². The van der Waals surface area contributed by atoms with Crippen LogP contribution in [0.5, 0.6) is 0 Å². The number of thiazole rings is 1. The van der Waals surface area contributed by atoms with Gasteiger partial charge in [-0.3, -0.25) is 4.79 Å². The minimum atomic E-state index is -0.168. The Labute approximate surface area is 108 Å². The molecule has 2 aromatic rings. The van der Waals surface area contributed by atoms with Gasteiger partial charge in [0.05, 0.1) is 11.1 Å². The molecule has 2 rings (SSSR count). The lowest BCUT2D eigenvalue weighted by Gasteiger charge is -2.00. The molecule has 88 valence electrons. The maximum Gasteiger partial charge on any atom is 0.213 e. The smallest absolute Gasteiger partial charge is 0.213 e. The van der Waals surface area contributed by atoms with Crippen LogP contribution in [0.1, 0.15) is 34.0 Å². The summed E-state index contributed by atoms with van der Waals surface area (Å²) in [6.45, 7) is 1.84. The monoisotopic (exact) mass is 266 g/mol. The molecule has 1 heterocycles. The molecule has 1 aromatic heterocycles. The number of carbonyl (C=O) groups is 1. The predicted molar refractivity (Wildman–Crippen MR) is 69.6 cm³/mol. The minimum Gasteiger partial charge on any atom is -0.322 e. The van der Waals surface area contributed by atoms with Crippen LogP contribution in [0.4, 0.5) is 0 Å². The largest absolute Gasteiger partial charge is 0.322 e. The molecule has 1 unspecified atom stereocenters. The van der Waals surface area contributed by atoms with E-state index in [1.54, 1.807) is 29.6 Å². The van der Waals surface area contributed by atoms with E-state index in [0.29, 0.717) is 16.3 Å². The number of halogens is 1. The highest BCUT2D eigenvalue weighted by Gasteiger charge is 2.16. The summed E-state index contributed by atoms with van der Waals surface area (Å²) in [6, 6.07) is 6.78. The van der Waals surface area contributed by atoms with Crippen LogP contribution in [0.3, 0.4) is 0 Å². The fraction of sp³-hybridized carbons (Fsp3) is 0.167. The van der Waals surface area contributed by atoms with Gasteiger partial charge in [-0.05, 0) is 19.1 Å². The number of aromatic nitrogens is 1. The number of nitrogens with two attached hydrogens (primary N) is 1. The Morgan fingerprint density at radius 3 is 2.76 bits per heavy atom. The van der Waals surface area contributed by atoms with Crippen LogP contribution >= 0.6 is 22.9 Å². The van der Waals surface area contributed by atoms with Crippen LogP contribution in [0.25, 0.3) is 0 Å². The fourth-order valence-electron chi connectivity index (χ4n) is 1.38. The third kappa shape index (κ3) is 2.54. The van der Waals surface area contributed by atoms with E-state index in [-0.39, 0.29) is 11.8 Å². The van der Waals surface area contributed by atoms with Gasteiger partial charge in [0.15, 0.2) is 0 Å². The number of benzene rings is 1. The molecular weight excluding hydrogens is 256 g/mol. The number of hydrogen-bond donors (Lipinski definition) is 1. The maximum absolute atomic E-state index is 12.1. The number of rotatable bonds is 3. The molecule has 0 amide bonds. The van der Waals surface area contributed by atoms with Crippen molar-refractivity contribution in [1.82, 2.24) is 4.98 Å². The SMILES string of the molecule is CC(N)c1nc(C(=O)c2ccccc2Cl)cs1. The van der Waals surface area contributed by atoms with E-state index in [0.717, 1.165) is 5.01 Å². The number of carbonyl (C=O) groups excluding carboxylic acids is 1. The Morgan fingerprint density at radius 1 is 1.47 bits per heavy atom. The summed E-state index contributed by atoms with van der Waals surface area (Å²) in [5, 5.41) is 2.90. The molecule has 3 nitrogen and oxygen atoms in total. The van der Waals surface area contributed by atoms with Crippen molar-refractivity contribution in [3.63, 3.8) is 0 Å². The summed E-state index contributed by atoms with van der Waals surface area (Å²) < 4.78 is 0. The molecule has 0 aliphatic carbocycles.